The number of benzene rings is 1. The Hall–Kier alpha value is -1.30. The molecule has 0 radical (unpaired) electrons. The number of halogens is 1. The largest absolute Gasteiger partial charge is 0.378 e. The second-order valence-corrected chi connectivity index (χ2v) is 7.02. The number of rotatable bonds is 5. The van der Waals surface area contributed by atoms with Gasteiger partial charge in [0.1, 0.15) is 10.8 Å². The topological polar surface area (TPSA) is 34.1 Å². The summed E-state index contributed by atoms with van der Waals surface area (Å²) in [4.78, 5) is 5.73. The highest BCUT2D eigenvalue weighted by Crippen LogP contribution is 2.29. The molecule has 1 aromatic heterocycles. The molecule has 21 heavy (non-hydrogen) atoms. The summed E-state index contributed by atoms with van der Waals surface area (Å²) in [6.45, 7) is 7.56. The Balaban J connectivity index is 2.28. The van der Waals surface area contributed by atoms with E-state index in [0.717, 1.165) is 27.7 Å². The highest BCUT2D eigenvalue weighted by molar-refractivity contribution is 7.15. The average molecular weight is 308 g/mol. The number of ether oxygens (including phenoxy) is 1. The third-order valence-corrected chi connectivity index (χ3v) is 4.06. The van der Waals surface area contributed by atoms with Crippen LogP contribution in [0.25, 0.3) is 10.6 Å². The summed E-state index contributed by atoms with van der Waals surface area (Å²) in [5.74, 6) is -0.245. The van der Waals surface area contributed by atoms with E-state index >= 15 is 0 Å². The molecule has 5 heteroatoms. The van der Waals surface area contributed by atoms with Crippen molar-refractivity contribution < 1.29 is 9.13 Å². The van der Waals surface area contributed by atoms with Crippen molar-refractivity contribution >= 4 is 11.3 Å². The second-order valence-electron chi connectivity index (χ2n) is 5.94. The van der Waals surface area contributed by atoms with Crippen molar-refractivity contribution in [1.82, 2.24) is 10.3 Å². The molecule has 0 saturated heterocycles. The molecule has 1 aromatic carbocycles. The predicted octanol–water partition coefficient (Wildman–Crippen LogP) is 3.98. The normalized spacial score (nSPS) is 11.9. The molecular weight excluding hydrogens is 287 g/mol. The molecule has 1 N–H and O–H groups in total. The fourth-order valence-electron chi connectivity index (χ4n) is 1.86. The van der Waals surface area contributed by atoms with Crippen LogP contribution in [0.1, 0.15) is 31.3 Å². The Morgan fingerprint density at radius 3 is 2.71 bits per heavy atom. The van der Waals surface area contributed by atoms with Crippen LogP contribution < -0.4 is 5.32 Å². The summed E-state index contributed by atoms with van der Waals surface area (Å²) in [6.07, 6.45) is 0. The molecule has 0 aliphatic heterocycles. The molecule has 2 rings (SSSR count). The third kappa shape index (κ3) is 4.59. The lowest BCUT2D eigenvalue weighted by Crippen LogP contribution is -2.35. The van der Waals surface area contributed by atoms with E-state index in [2.05, 4.69) is 31.1 Å². The molecule has 2 aromatic rings. The number of nitrogens with zero attached hydrogens (tertiary/aromatic N) is 1. The molecule has 0 saturated carbocycles. The van der Waals surface area contributed by atoms with Crippen LogP contribution in [0.15, 0.2) is 24.3 Å². The minimum Gasteiger partial charge on any atom is -0.378 e. The Morgan fingerprint density at radius 1 is 1.33 bits per heavy atom. The lowest BCUT2D eigenvalue weighted by Gasteiger charge is -2.20. The average Bonchev–Trinajstić information content (AvgIpc) is 2.79. The number of hydrogen-bond donors (Lipinski definition) is 1. The van der Waals surface area contributed by atoms with Gasteiger partial charge in [0.25, 0.3) is 0 Å². The summed E-state index contributed by atoms with van der Waals surface area (Å²) in [6, 6.07) is 6.53. The monoisotopic (exact) mass is 308 g/mol. The third-order valence-electron chi connectivity index (χ3n) is 2.91. The van der Waals surface area contributed by atoms with Crippen LogP contribution in [0.3, 0.4) is 0 Å². The van der Waals surface area contributed by atoms with Crippen LogP contribution in [0.4, 0.5) is 4.39 Å². The van der Waals surface area contributed by atoms with Crippen molar-refractivity contribution in [2.24, 2.45) is 0 Å². The number of hydrogen-bond acceptors (Lipinski definition) is 4. The zero-order chi connectivity index (χ0) is 15.5. The molecule has 0 spiro atoms. The fraction of sp³-hybridized carbons (Fsp3) is 0.438. The van der Waals surface area contributed by atoms with E-state index in [0.29, 0.717) is 6.61 Å². The Kier molecular flexibility index (Phi) is 5.08. The highest BCUT2D eigenvalue weighted by atomic mass is 32.1. The van der Waals surface area contributed by atoms with Crippen molar-refractivity contribution in [3.05, 3.63) is 40.7 Å². The van der Waals surface area contributed by atoms with E-state index in [1.807, 2.05) is 6.07 Å². The molecule has 114 valence electrons. The van der Waals surface area contributed by atoms with Crippen molar-refractivity contribution in [3.63, 3.8) is 0 Å². The lowest BCUT2D eigenvalue weighted by molar-refractivity contribution is 0.181. The van der Waals surface area contributed by atoms with Gasteiger partial charge in [-0.2, -0.15) is 0 Å². The summed E-state index contributed by atoms with van der Waals surface area (Å²) in [7, 11) is 1.65. The summed E-state index contributed by atoms with van der Waals surface area (Å²) in [5.41, 5.74) is 1.76. The quantitative estimate of drug-likeness (QED) is 0.907. The van der Waals surface area contributed by atoms with E-state index in [-0.39, 0.29) is 11.4 Å². The first-order valence-electron chi connectivity index (χ1n) is 6.87. The maximum absolute atomic E-state index is 13.4. The SMILES string of the molecule is COCc1nc(-c2cccc(F)c2)sc1CNC(C)(C)C. The van der Waals surface area contributed by atoms with Gasteiger partial charge in [0.15, 0.2) is 0 Å². The molecule has 0 atom stereocenters. The summed E-state index contributed by atoms with van der Waals surface area (Å²) in [5, 5.41) is 4.28. The van der Waals surface area contributed by atoms with Crippen LogP contribution >= 0.6 is 11.3 Å². The van der Waals surface area contributed by atoms with Gasteiger partial charge in [-0.15, -0.1) is 11.3 Å². The number of thiazole rings is 1. The van der Waals surface area contributed by atoms with Gasteiger partial charge in [-0.1, -0.05) is 12.1 Å². The zero-order valence-corrected chi connectivity index (χ0v) is 13.7. The number of nitrogens with one attached hydrogen (secondary N) is 1. The molecule has 3 nitrogen and oxygen atoms in total. The first kappa shape index (κ1) is 16.1. The smallest absolute Gasteiger partial charge is 0.124 e. The van der Waals surface area contributed by atoms with Gasteiger partial charge in [-0.25, -0.2) is 9.37 Å². The highest BCUT2D eigenvalue weighted by Gasteiger charge is 2.15. The van der Waals surface area contributed by atoms with Crippen molar-refractivity contribution in [3.8, 4) is 10.6 Å². The van der Waals surface area contributed by atoms with Crippen molar-refractivity contribution in [2.45, 2.75) is 39.5 Å². The molecule has 0 fully saturated rings. The Morgan fingerprint density at radius 2 is 2.10 bits per heavy atom. The second kappa shape index (κ2) is 6.64. The van der Waals surface area contributed by atoms with Crippen molar-refractivity contribution in [2.75, 3.05) is 7.11 Å². The van der Waals surface area contributed by atoms with E-state index in [1.54, 1.807) is 24.5 Å². The molecule has 0 aliphatic carbocycles. The van der Waals surface area contributed by atoms with Gasteiger partial charge in [-0.3, -0.25) is 0 Å². The van der Waals surface area contributed by atoms with E-state index in [4.69, 9.17) is 4.74 Å². The first-order chi connectivity index (χ1) is 9.89. The summed E-state index contributed by atoms with van der Waals surface area (Å²) >= 11 is 1.58. The lowest BCUT2D eigenvalue weighted by atomic mass is 10.1. The molecular formula is C16H21FN2OS. The van der Waals surface area contributed by atoms with Crippen LogP contribution in [-0.2, 0) is 17.9 Å². The molecule has 0 aliphatic rings. The van der Waals surface area contributed by atoms with E-state index in [1.165, 1.54) is 12.1 Å². The van der Waals surface area contributed by atoms with Crippen LogP contribution in [0.5, 0.6) is 0 Å². The van der Waals surface area contributed by atoms with Gasteiger partial charge in [0.2, 0.25) is 0 Å². The Labute approximate surface area is 129 Å². The number of aromatic nitrogens is 1. The molecule has 0 unspecified atom stereocenters. The maximum atomic E-state index is 13.4. The molecule has 0 amide bonds. The van der Waals surface area contributed by atoms with Crippen molar-refractivity contribution in [1.29, 1.82) is 0 Å². The molecule has 1 heterocycles. The van der Waals surface area contributed by atoms with Crippen LogP contribution in [-0.4, -0.2) is 17.6 Å². The first-order valence-corrected chi connectivity index (χ1v) is 7.69. The minimum atomic E-state index is -0.245. The van der Waals surface area contributed by atoms with Crippen LogP contribution in [0, 0.1) is 5.82 Å². The van der Waals surface area contributed by atoms with Gasteiger partial charge >= 0.3 is 0 Å². The fourth-order valence-corrected chi connectivity index (χ4v) is 2.86. The van der Waals surface area contributed by atoms with Crippen LogP contribution in [0.2, 0.25) is 0 Å². The van der Waals surface area contributed by atoms with E-state index < -0.39 is 0 Å². The number of methoxy groups -OCH3 is 1. The zero-order valence-electron chi connectivity index (χ0n) is 12.9. The Bertz CT molecular complexity index is 605. The minimum absolute atomic E-state index is 0.0351. The van der Waals surface area contributed by atoms with Gasteiger partial charge in [-0.05, 0) is 32.9 Å². The van der Waals surface area contributed by atoms with Gasteiger partial charge in [0, 0.05) is 29.6 Å². The van der Waals surface area contributed by atoms with Gasteiger partial charge < -0.3 is 10.1 Å². The van der Waals surface area contributed by atoms with Gasteiger partial charge in [0.05, 0.1) is 12.3 Å². The molecule has 0 bridgehead atoms. The standard InChI is InChI=1S/C16H21FN2OS/c1-16(2,3)18-9-14-13(10-20-4)19-15(21-14)11-6-5-7-12(17)8-11/h5-8,18H,9-10H2,1-4H3. The maximum Gasteiger partial charge on any atom is 0.124 e. The van der Waals surface area contributed by atoms with E-state index in [9.17, 15) is 4.39 Å². The predicted molar refractivity (Wildman–Crippen MR) is 84.8 cm³/mol. The summed E-state index contributed by atoms with van der Waals surface area (Å²) < 4.78 is 18.6.